The summed E-state index contributed by atoms with van der Waals surface area (Å²) in [5, 5.41) is 4.23. The highest BCUT2D eigenvalue weighted by Crippen LogP contribution is 2.44. The van der Waals surface area contributed by atoms with Gasteiger partial charge >= 0.3 is 0 Å². The van der Waals surface area contributed by atoms with Crippen LogP contribution in [0, 0.1) is 0 Å². The normalized spacial score (nSPS) is 22.7. The van der Waals surface area contributed by atoms with Crippen LogP contribution in [0.5, 0.6) is 5.75 Å². The van der Waals surface area contributed by atoms with E-state index in [2.05, 4.69) is 47.2 Å². The Kier molecular flexibility index (Phi) is 4.98. The SMILES string of the molecule is CCCNC1c2c(OC)ccc(Br)c2CSC1C. The predicted octanol–water partition coefficient (Wildman–Crippen LogP) is 4.13. The van der Waals surface area contributed by atoms with Gasteiger partial charge in [-0.1, -0.05) is 29.8 Å². The fourth-order valence-corrected chi connectivity index (χ4v) is 4.23. The third kappa shape index (κ3) is 2.70. The van der Waals surface area contributed by atoms with Crippen LogP contribution in [0.15, 0.2) is 16.6 Å². The van der Waals surface area contributed by atoms with Crippen molar-refractivity contribution in [3.05, 3.63) is 27.7 Å². The molecule has 2 unspecified atom stereocenters. The summed E-state index contributed by atoms with van der Waals surface area (Å²) in [6, 6.07) is 4.53. The van der Waals surface area contributed by atoms with Gasteiger partial charge in [0.15, 0.2) is 0 Å². The minimum Gasteiger partial charge on any atom is -0.496 e. The van der Waals surface area contributed by atoms with Crippen molar-refractivity contribution in [1.29, 1.82) is 0 Å². The third-order valence-electron chi connectivity index (χ3n) is 3.37. The molecule has 2 nitrogen and oxygen atoms in total. The second-order valence-corrected chi connectivity index (χ2v) is 6.81. The van der Waals surface area contributed by atoms with E-state index < -0.39 is 0 Å². The molecule has 0 spiro atoms. The molecule has 0 amide bonds. The van der Waals surface area contributed by atoms with Crippen LogP contribution in [0.3, 0.4) is 0 Å². The van der Waals surface area contributed by atoms with Crippen LogP contribution in [0.1, 0.15) is 37.4 Å². The van der Waals surface area contributed by atoms with Crippen LogP contribution < -0.4 is 10.1 Å². The highest BCUT2D eigenvalue weighted by Gasteiger charge is 2.30. The van der Waals surface area contributed by atoms with Crippen molar-refractivity contribution in [3.63, 3.8) is 0 Å². The zero-order chi connectivity index (χ0) is 13.1. The van der Waals surface area contributed by atoms with E-state index in [-0.39, 0.29) is 0 Å². The highest BCUT2D eigenvalue weighted by molar-refractivity contribution is 9.10. The Morgan fingerprint density at radius 1 is 1.50 bits per heavy atom. The fourth-order valence-electron chi connectivity index (χ4n) is 2.40. The molecule has 0 radical (unpaired) electrons. The molecule has 0 fully saturated rings. The Balaban J connectivity index is 2.42. The van der Waals surface area contributed by atoms with Crippen molar-refractivity contribution < 1.29 is 4.74 Å². The van der Waals surface area contributed by atoms with Crippen LogP contribution in [-0.2, 0) is 5.75 Å². The molecule has 1 aromatic rings. The molecule has 0 bridgehead atoms. The lowest BCUT2D eigenvalue weighted by Crippen LogP contribution is -2.33. The summed E-state index contributed by atoms with van der Waals surface area (Å²) in [7, 11) is 1.76. The summed E-state index contributed by atoms with van der Waals surface area (Å²) in [5.74, 6) is 2.06. The molecule has 1 aromatic carbocycles. The Bertz CT molecular complexity index is 425. The number of benzene rings is 1. The number of ether oxygens (including phenoxy) is 1. The van der Waals surface area contributed by atoms with Gasteiger partial charge in [0.25, 0.3) is 0 Å². The lowest BCUT2D eigenvalue weighted by molar-refractivity contribution is 0.396. The topological polar surface area (TPSA) is 21.3 Å². The van der Waals surface area contributed by atoms with Gasteiger partial charge in [0, 0.05) is 27.1 Å². The van der Waals surface area contributed by atoms with E-state index in [9.17, 15) is 0 Å². The number of hydrogen-bond acceptors (Lipinski definition) is 3. The second kappa shape index (κ2) is 6.31. The van der Waals surface area contributed by atoms with Crippen LogP contribution in [0.4, 0.5) is 0 Å². The van der Waals surface area contributed by atoms with E-state index in [1.807, 2.05) is 11.8 Å². The van der Waals surface area contributed by atoms with Crippen molar-refractivity contribution in [2.45, 2.75) is 37.3 Å². The lowest BCUT2D eigenvalue weighted by atomic mass is 9.97. The van der Waals surface area contributed by atoms with Crippen LogP contribution >= 0.6 is 27.7 Å². The first-order chi connectivity index (χ1) is 8.69. The molecule has 2 atom stereocenters. The third-order valence-corrected chi connectivity index (χ3v) is 5.36. The maximum atomic E-state index is 5.56. The maximum absolute atomic E-state index is 5.56. The quantitative estimate of drug-likeness (QED) is 0.897. The number of fused-ring (bicyclic) bond motifs is 1. The number of thioether (sulfide) groups is 1. The Morgan fingerprint density at radius 3 is 2.94 bits per heavy atom. The smallest absolute Gasteiger partial charge is 0.124 e. The fraction of sp³-hybridized carbons (Fsp3) is 0.571. The van der Waals surface area contributed by atoms with Crippen molar-refractivity contribution in [2.24, 2.45) is 0 Å². The van der Waals surface area contributed by atoms with Gasteiger partial charge in [-0.05, 0) is 30.7 Å². The minimum absolute atomic E-state index is 0.381. The van der Waals surface area contributed by atoms with Gasteiger partial charge in [0.2, 0.25) is 0 Å². The molecule has 0 saturated carbocycles. The summed E-state index contributed by atoms with van der Waals surface area (Å²) < 4.78 is 6.75. The average molecular weight is 330 g/mol. The Hall–Kier alpha value is -0.190. The van der Waals surface area contributed by atoms with Gasteiger partial charge in [-0.3, -0.25) is 0 Å². The molecule has 0 aliphatic carbocycles. The van der Waals surface area contributed by atoms with E-state index in [1.165, 1.54) is 15.6 Å². The maximum Gasteiger partial charge on any atom is 0.124 e. The Morgan fingerprint density at radius 2 is 2.28 bits per heavy atom. The van der Waals surface area contributed by atoms with E-state index in [4.69, 9.17) is 4.74 Å². The first-order valence-corrected chi connectivity index (χ1v) is 8.23. The molecule has 2 rings (SSSR count). The largest absolute Gasteiger partial charge is 0.496 e. The van der Waals surface area contributed by atoms with E-state index in [1.54, 1.807) is 7.11 Å². The standard InChI is InChI=1S/C14H20BrNOS/c1-4-7-16-14-9(2)18-8-10-11(15)5-6-12(17-3)13(10)14/h5-6,9,14,16H,4,7-8H2,1-3H3. The molecule has 0 aromatic heterocycles. The molecule has 4 heteroatoms. The second-order valence-electron chi connectivity index (χ2n) is 4.59. The molecule has 0 saturated heterocycles. The molecular weight excluding hydrogens is 310 g/mol. The van der Waals surface area contributed by atoms with Crippen LogP contribution in [0.2, 0.25) is 0 Å². The zero-order valence-corrected chi connectivity index (χ0v) is 13.5. The van der Waals surface area contributed by atoms with Gasteiger partial charge in [-0.15, -0.1) is 0 Å². The first kappa shape index (κ1) is 14.2. The van der Waals surface area contributed by atoms with Crippen LogP contribution in [0.25, 0.3) is 0 Å². The first-order valence-electron chi connectivity index (χ1n) is 6.39. The molecule has 18 heavy (non-hydrogen) atoms. The molecule has 1 aliphatic rings. The number of hydrogen-bond donors (Lipinski definition) is 1. The van der Waals surface area contributed by atoms with Crippen molar-refractivity contribution in [3.8, 4) is 5.75 Å². The van der Waals surface area contributed by atoms with Crippen molar-refractivity contribution >= 4 is 27.7 Å². The molecule has 1 heterocycles. The highest BCUT2D eigenvalue weighted by atomic mass is 79.9. The van der Waals surface area contributed by atoms with Gasteiger partial charge < -0.3 is 10.1 Å². The summed E-state index contributed by atoms with van der Waals surface area (Å²) in [6.45, 7) is 5.54. The molecule has 1 aliphatic heterocycles. The summed E-state index contributed by atoms with van der Waals surface area (Å²) in [5.41, 5.74) is 2.72. The average Bonchev–Trinajstić information content (AvgIpc) is 2.38. The van der Waals surface area contributed by atoms with Gasteiger partial charge in [0.05, 0.1) is 7.11 Å². The molecule has 100 valence electrons. The summed E-state index contributed by atoms with van der Waals surface area (Å²) >= 11 is 5.67. The molecule has 1 N–H and O–H groups in total. The van der Waals surface area contributed by atoms with E-state index >= 15 is 0 Å². The number of methoxy groups -OCH3 is 1. The predicted molar refractivity (Wildman–Crippen MR) is 82.5 cm³/mol. The monoisotopic (exact) mass is 329 g/mol. The summed E-state index contributed by atoms with van der Waals surface area (Å²) in [4.78, 5) is 0. The van der Waals surface area contributed by atoms with Gasteiger partial charge in [-0.25, -0.2) is 0 Å². The number of nitrogens with one attached hydrogen (secondary N) is 1. The Labute approximate surface area is 122 Å². The lowest BCUT2D eigenvalue weighted by Gasteiger charge is -2.33. The zero-order valence-electron chi connectivity index (χ0n) is 11.1. The van der Waals surface area contributed by atoms with E-state index in [0.29, 0.717) is 11.3 Å². The number of halogens is 1. The van der Waals surface area contributed by atoms with Crippen LogP contribution in [-0.4, -0.2) is 18.9 Å². The van der Waals surface area contributed by atoms with E-state index in [0.717, 1.165) is 24.5 Å². The van der Waals surface area contributed by atoms with Gasteiger partial charge in [-0.2, -0.15) is 11.8 Å². The van der Waals surface area contributed by atoms with Crippen molar-refractivity contribution in [2.75, 3.05) is 13.7 Å². The summed E-state index contributed by atoms with van der Waals surface area (Å²) in [6.07, 6.45) is 1.15. The minimum atomic E-state index is 0.381. The number of rotatable bonds is 4. The van der Waals surface area contributed by atoms with Gasteiger partial charge in [0.1, 0.15) is 5.75 Å². The van der Waals surface area contributed by atoms with Crippen molar-refractivity contribution in [1.82, 2.24) is 5.32 Å². The molecular formula is C14H20BrNOS.